The van der Waals surface area contributed by atoms with Crippen LogP contribution in [0.1, 0.15) is 25.3 Å². The first-order valence-electron chi connectivity index (χ1n) is 13.5. The molecule has 6 rings (SSSR count). The number of aromatic nitrogens is 8. The van der Waals surface area contributed by atoms with Crippen molar-refractivity contribution < 1.29 is 48.6 Å². The maximum atomic E-state index is 13.0. The predicted octanol–water partition coefficient (Wildman–Crippen LogP) is -1.97. The van der Waals surface area contributed by atoms with Gasteiger partial charge in [0.2, 0.25) is 0 Å². The number of aliphatic hydroxyl groups excluding tert-OH is 4. The molecule has 44 heavy (non-hydrogen) atoms. The highest BCUT2D eigenvalue weighted by molar-refractivity contribution is 7.52. The van der Waals surface area contributed by atoms with E-state index in [-0.39, 0.29) is 41.3 Å². The van der Waals surface area contributed by atoms with E-state index >= 15 is 0 Å². The standard InChI is InChI=1S/C23H31N10O10P/c24-18-16-20(28-5-26-18)32(7-30-16)22-12(37)1-10(35)15(43-22)4-41-44(38,39)9-40-13-2-11(36)14(3-34)42-23(13)33-8-31-17-19(25)27-6-29-21(17)33/h5-8,10-15,22-23,34-37H,1-4,9H2,(H,38,39)(H2,24,26,28)(H2,25,27,29)/t10?,11?,12?,13-,14+,15+,22+,23+/m0/s1. The monoisotopic (exact) mass is 638 g/mol. The first-order valence-corrected chi connectivity index (χ1v) is 15.2. The summed E-state index contributed by atoms with van der Waals surface area (Å²) in [7, 11) is -4.48. The van der Waals surface area contributed by atoms with E-state index in [2.05, 4.69) is 29.9 Å². The molecule has 20 nitrogen and oxygen atoms in total. The Labute approximate surface area is 247 Å². The highest BCUT2D eigenvalue weighted by Crippen LogP contribution is 2.45. The summed E-state index contributed by atoms with van der Waals surface area (Å²) < 4.78 is 38.6. The third kappa shape index (κ3) is 5.84. The van der Waals surface area contributed by atoms with Gasteiger partial charge < -0.3 is 55.5 Å². The van der Waals surface area contributed by atoms with E-state index in [1.807, 2.05) is 0 Å². The molecule has 2 aliphatic rings. The lowest BCUT2D eigenvalue weighted by atomic mass is 10.0. The summed E-state index contributed by atoms with van der Waals surface area (Å²) in [6.45, 7) is -1.03. The Hall–Kier alpha value is -3.43. The second-order valence-corrected chi connectivity index (χ2v) is 12.2. The van der Waals surface area contributed by atoms with Gasteiger partial charge in [-0.25, -0.2) is 29.9 Å². The van der Waals surface area contributed by atoms with Crippen LogP contribution in [0.25, 0.3) is 22.3 Å². The van der Waals surface area contributed by atoms with Gasteiger partial charge in [-0.05, 0) is 0 Å². The summed E-state index contributed by atoms with van der Waals surface area (Å²) in [6.07, 6.45) is -4.61. The van der Waals surface area contributed by atoms with Crippen LogP contribution < -0.4 is 11.5 Å². The number of nitrogen functional groups attached to an aromatic ring is 2. The molecule has 9 N–H and O–H groups in total. The third-order valence-corrected chi connectivity index (χ3v) is 8.51. The van der Waals surface area contributed by atoms with E-state index in [0.29, 0.717) is 5.52 Å². The molecule has 21 heteroatoms. The minimum Gasteiger partial charge on any atom is -0.394 e. The van der Waals surface area contributed by atoms with Crippen molar-refractivity contribution in [2.45, 2.75) is 61.9 Å². The fraction of sp³-hybridized carbons (Fsp3) is 0.565. The SMILES string of the molecule is Nc1ncnc2c1ncn2[C@@H]1O[C@H](COP(=O)(O)CO[C@H]2CC(O)[C@@H](CO)O[C@H]2n2cnc3c(N)ncnc32)C(O)CC1O. The predicted molar refractivity (Wildman–Crippen MR) is 147 cm³/mol. The summed E-state index contributed by atoms with van der Waals surface area (Å²) in [4.78, 5) is 35.0. The Morgan fingerprint density at radius 1 is 0.841 bits per heavy atom. The van der Waals surface area contributed by atoms with Gasteiger partial charge in [-0.15, -0.1) is 0 Å². The molecule has 0 aromatic carbocycles. The molecule has 0 radical (unpaired) electrons. The molecular formula is C23H31N10O10P. The molecule has 9 atom stereocenters. The Bertz CT molecular complexity index is 1670. The van der Waals surface area contributed by atoms with E-state index in [1.54, 1.807) is 0 Å². The quantitative estimate of drug-likeness (QED) is 0.0977. The van der Waals surface area contributed by atoms with Gasteiger partial charge in [0.25, 0.3) is 0 Å². The summed E-state index contributed by atoms with van der Waals surface area (Å²) >= 11 is 0. The summed E-state index contributed by atoms with van der Waals surface area (Å²) in [5.74, 6) is 0.248. The molecule has 2 saturated heterocycles. The van der Waals surface area contributed by atoms with Crippen molar-refractivity contribution in [2.75, 3.05) is 31.0 Å². The molecule has 238 valence electrons. The molecule has 2 fully saturated rings. The summed E-state index contributed by atoms with van der Waals surface area (Å²) in [6, 6.07) is 0. The van der Waals surface area contributed by atoms with E-state index in [4.69, 9.17) is 30.2 Å². The van der Waals surface area contributed by atoms with Gasteiger partial charge >= 0.3 is 7.60 Å². The van der Waals surface area contributed by atoms with Crippen LogP contribution in [0.2, 0.25) is 0 Å². The van der Waals surface area contributed by atoms with Crippen molar-refractivity contribution in [3.05, 3.63) is 25.3 Å². The van der Waals surface area contributed by atoms with E-state index in [0.717, 1.165) is 0 Å². The third-order valence-electron chi connectivity index (χ3n) is 7.49. The number of imidazole rings is 2. The van der Waals surface area contributed by atoms with Gasteiger partial charge in [-0.3, -0.25) is 13.7 Å². The molecular weight excluding hydrogens is 607 g/mol. The average Bonchev–Trinajstić information content (AvgIpc) is 3.62. The minimum atomic E-state index is -4.48. The Balaban J connectivity index is 1.13. The van der Waals surface area contributed by atoms with Gasteiger partial charge in [-0.2, -0.15) is 0 Å². The Morgan fingerprint density at radius 3 is 2.02 bits per heavy atom. The number of nitrogens with zero attached hydrogens (tertiary/aromatic N) is 8. The molecule has 0 amide bonds. The van der Waals surface area contributed by atoms with E-state index in [9.17, 15) is 29.9 Å². The zero-order valence-corrected chi connectivity index (χ0v) is 23.8. The minimum absolute atomic E-state index is 0.0763. The largest absolute Gasteiger partial charge is 0.394 e. The van der Waals surface area contributed by atoms with Gasteiger partial charge in [0.1, 0.15) is 54.5 Å². The number of anilines is 2. The normalized spacial score (nSPS) is 30.9. The van der Waals surface area contributed by atoms with Gasteiger partial charge in [0.05, 0.1) is 38.1 Å². The van der Waals surface area contributed by atoms with Crippen LogP contribution in [-0.2, 0) is 23.3 Å². The molecule has 0 saturated carbocycles. The van der Waals surface area contributed by atoms with Crippen molar-refractivity contribution in [3.63, 3.8) is 0 Å². The fourth-order valence-electron chi connectivity index (χ4n) is 5.23. The first-order chi connectivity index (χ1) is 21.1. The lowest BCUT2D eigenvalue weighted by Gasteiger charge is -2.39. The number of ether oxygens (including phenoxy) is 3. The zero-order valence-electron chi connectivity index (χ0n) is 22.9. The molecule has 2 aliphatic heterocycles. The molecule has 4 aromatic rings. The smallest absolute Gasteiger partial charge is 0.353 e. The fourth-order valence-corrected chi connectivity index (χ4v) is 6.06. The molecule has 6 heterocycles. The van der Waals surface area contributed by atoms with E-state index < -0.39 is 76.2 Å². The van der Waals surface area contributed by atoms with Gasteiger partial charge in [-0.1, -0.05) is 0 Å². The maximum Gasteiger partial charge on any atom is 0.353 e. The van der Waals surface area contributed by atoms with Crippen LogP contribution in [0.5, 0.6) is 0 Å². The van der Waals surface area contributed by atoms with Crippen molar-refractivity contribution in [3.8, 4) is 0 Å². The topological polar surface area (TPSA) is 294 Å². The molecule has 0 spiro atoms. The second-order valence-electron chi connectivity index (χ2n) is 10.4. The van der Waals surface area contributed by atoms with Gasteiger partial charge in [0.15, 0.2) is 35.4 Å². The number of hydrogen-bond donors (Lipinski definition) is 7. The Morgan fingerprint density at radius 2 is 1.41 bits per heavy atom. The number of aliphatic hydroxyl groups is 4. The Kier molecular flexibility index (Phi) is 8.46. The molecule has 4 unspecified atom stereocenters. The number of nitrogens with two attached hydrogens (primary N) is 2. The number of hydrogen-bond acceptors (Lipinski definition) is 17. The van der Waals surface area contributed by atoms with Crippen LogP contribution in [0.15, 0.2) is 25.3 Å². The lowest BCUT2D eigenvalue weighted by molar-refractivity contribution is -0.215. The average molecular weight is 639 g/mol. The highest BCUT2D eigenvalue weighted by atomic mass is 31.2. The van der Waals surface area contributed by atoms with Crippen LogP contribution in [0.4, 0.5) is 11.6 Å². The van der Waals surface area contributed by atoms with Crippen LogP contribution in [-0.4, -0.2) is 121 Å². The van der Waals surface area contributed by atoms with E-state index in [1.165, 1.54) is 34.4 Å². The van der Waals surface area contributed by atoms with Crippen molar-refractivity contribution >= 4 is 41.6 Å². The van der Waals surface area contributed by atoms with Crippen LogP contribution in [0.3, 0.4) is 0 Å². The second kappa shape index (κ2) is 12.2. The maximum absolute atomic E-state index is 13.0. The van der Waals surface area contributed by atoms with Crippen molar-refractivity contribution in [1.29, 1.82) is 0 Å². The van der Waals surface area contributed by atoms with Gasteiger partial charge in [0, 0.05) is 12.8 Å². The highest BCUT2D eigenvalue weighted by Gasteiger charge is 2.42. The molecule has 0 bridgehead atoms. The summed E-state index contributed by atoms with van der Waals surface area (Å²) in [5, 5.41) is 41.3. The molecule has 0 aliphatic carbocycles. The number of fused-ring (bicyclic) bond motifs is 2. The number of rotatable bonds is 9. The first kappa shape index (κ1) is 30.6. The molecule has 4 aromatic heterocycles. The summed E-state index contributed by atoms with van der Waals surface area (Å²) in [5.41, 5.74) is 12.9. The van der Waals surface area contributed by atoms with Crippen LogP contribution in [0, 0.1) is 0 Å². The van der Waals surface area contributed by atoms with Crippen molar-refractivity contribution in [1.82, 2.24) is 39.0 Å². The lowest BCUT2D eigenvalue weighted by Crippen LogP contribution is -2.47. The zero-order chi connectivity index (χ0) is 31.2. The van der Waals surface area contributed by atoms with Crippen LogP contribution >= 0.6 is 7.60 Å². The van der Waals surface area contributed by atoms with Crippen molar-refractivity contribution in [2.24, 2.45) is 0 Å².